The van der Waals surface area contributed by atoms with Crippen LogP contribution < -0.4 is 9.80 Å². The molecule has 4 rings (SSSR count). The number of benzene rings is 2. The first-order chi connectivity index (χ1) is 14.0. The van der Waals surface area contributed by atoms with Gasteiger partial charge in [0.1, 0.15) is 0 Å². The van der Waals surface area contributed by atoms with E-state index in [1.54, 1.807) is 17.3 Å². The van der Waals surface area contributed by atoms with E-state index in [2.05, 4.69) is 20.9 Å². The molecule has 0 aliphatic rings. The van der Waals surface area contributed by atoms with Crippen molar-refractivity contribution in [3.05, 3.63) is 82.6 Å². The summed E-state index contributed by atoms with van der Waals surface area (Å²) in [6.07, 6.45) is 3.50. The van der Waals surface area contributed by atoms with E-state index in [0.717, 1.165) is 25.9 Å². The summed E-state index contributed by atoms with van der Waals surface area (Å²) in [6.45, 7) is 0.406. The van der Waals surface area contributed by atoms with E-state index in [1.807, 2.05) is 73.6 Å². The number of nitrogens with zero attached hydrogens (tertiary/aromatic N) is 4. The lowest BCUT2D eigenvalue weighted by atomic mass is 10.1. The van der Waals surface area contributed by atoms with E-state index < -0.39 is 0 Å². The van der Waals surface area contributed by atoms with E-state index in [0.29, 0.717) is 17.2 Å². The molecule has 7 heteroatoms. The van der Waals surface area contributed by atoms with Crippen molar-refractivity contribution in [3.8, 4) is 0 Å². The van der Waals surface area contributed by atoms with Gasteiger partial charge in [0, 0.05) is 42.2 Å². The zero-order valence-electron chi connectivity index (χ0n) is 16.0. The van der Waals surface area contributed by atoms with Gasteiger partial charge in [-0.3, -0.25) is 14.7 Å². The van der Waals surface area contributed by atoms with Crippen LogP contribution in [0.25, 0.3) is 10.2 Å². The second-order valence-electron chi connectivity index (χ2n) is 6.80. The van der Waals surface area contributed by atoms with Crippen molar-refractivity contribution in [1.29, 1.82) is 0 Å². The number of hydrogen-bond acceptors (Lipinski definition) is 5. The van der Waals surface area contributed by atoms with E-state index in [9.17, 15) is 4.79 Å². The Morgan fingerprint density at radius 1 is 1.10 bits per heavy atom. The summed E-state index contributed by atoms with van der Waals surface area (Å²) in [5.41, 5.74) is 3.50. The third kappa shape index (κ3) is 4.31. The second-order valence-corrected chi connectivity index (χ2v) is 8.73. The van der Waals surface area contributed by atoms with Crippen molar-refractivity contribution < 1.29 is 4.79 Å². The smallest absolute Gasteiger partial charge is 0.260 e. The molecule has 0 N–H and O–H groups in total. The molecule has 29 heavy (non-hydrogen) atoms. The minimum absolute atomic E-state index is 0.0859. The predicted molar refractivity (Wildman–Crippen MR) is 123 cm³/mol. The lowest BCUT2D eigenvalue weighted by Crippen LogP contribution is -2.30. The summed E-state index contributed by atoms with van der Waals surface area (Å²) in [7, 11) is 3.95. The van der Waals surface area contributed by atoms with Gasteiger partial charge in [-0.15, -0.1) is 0 Å². The van der Waals surface area contributed by atoms with Crippen molar-refractivity contribution >= 4 is 54.2 Å². The van der Waals surface area contributed by atoms with Gasteiger partial charge in [0.25, 0.3) is 5.91 Å². The third-order valence-corrected chi connectivity index (χ3v) is 6.04. The zero-order valence-corrected chi connectivity index (χ0v) is 18.4. The number of carbonyl (C=O) groups is 1. The number of anilines is 2. The number of amides is 1. The Labute approximate surface area is 181 Å². The molecule has 0 aliphatic carbocycles. The summed E-state index contributed by atoms with van der Waals surface area (Å²) in [5, 5.41) is 0.670. The molecule has 0 unspecified atom stereocenters. The van der Waals surface area contributed by atoms with E-state index >= 15 is 0 Å². The number of aromatic nitrogens is 2. The molecule has 0 bridgehead atoms. The number of rotatable bonds is 5. The van der Waals surface area contributed by atoms with Gasteiger partial charge in [-0.05, 0) is 54.1 Å². The molecular formula is C22H19BrN4OS. The maximum absolute atomic E-state index is 13.4. The van der Waals surface area contributed by atoms with Crippen LogP contribution in [0.15, 0.2) is 71.5 Å². The molecule has 0 saturated carbocycles. The highest BCUT2D eigenvalue weighted by atomic mass is 79.9. The highest BCUT2D eigenvalue weighted by molar-refractivity contribution is 9.10. The van der Waals surface area contributed by atoms with E-state index in [1.165, 1.54) is 11.3 Å². The number of carbonyl (C=O) groups excluding carboxylic acids is 1. The van der Waals surface area contributed by atoms with Crippen LogP contribution in [0, 0.1) is 0 Å². The number of fused-ring (bicyclic) bond motifs is 1. The van der Waals surface area contributed by atoms with Gasteiger partial charge in [0.15, 0.2) is 5.13 Å². The Balaban J connectivity index is 1.73. The first-order valence-electron chi connectivity index (χ1n) is 9.05. The average Bonchev–Trinajstić information content (AvgIpc) is 3.15. The van der Waals surface area contributed by atoms with Crippen LogP contribution in [0.1, 0.15) is 15.9 Å². The molecular weight excluding hydrogens is 448 g/mol. The Bertz CT molecular complexity index is 1140. The normalized spacial score (nSPS) is 10.9. The van der Waals surface area contributed by atoms with Crippen LogP contribution in [0.2, 0.25) is 0 Å². The molecule has 0 fully saturated rings. The van der Waals surface area contributed by atoms with Gasteiger partial charge in [0.05, 0.1) is 16.8 Å². The van der Waals surface area contributed by atoms with E-state index in [4.69, 9.17) is 4.98 Å². The summed E-state index contributed by atoms with van der Waals surface area (Å²) in [5.74, 6) is -0.0859. The summed E-state index contributed by atoms with van der Waals surface area (Å²) in [6, 6.07) is 17.4. The molecule has 1 amide bonds. The maximum atomic E-state index is 13.4. The molecule has 5 nitrogen and oxygen atoms in total. The highest BCUT2D eigenvalue weighted by Crippen LogP contribution is 2.32. The monoisotopic (exact) mass is 466 g/mol. The first kappa shape index (κ1) is 19.5. The van der Waals surface area contributed by atoms with Crippen LogP contribution in [-0.2, 0) is 6.54 Å². The number of hydrogen-bond donors (Lipinski definition) is 0. The van der Waals surface area contributed by atoms with Crippen LogP contribution in [0.5, 0.6) is 0 Å². The SMILES string of the molecule is CN(C)c1ccc(C(=O)N(Cc2cccnc2)c2nc3ccc(Br)cc3s2)cc1. The number of pyridine rings is 1. The molecule has 0 radical (unpaired) electrons. The van der Waals surface area contributed by atoms with Gasteiger partial charge in [0.2, 0.25) is 0 Å². The fourth-order valence-corrected chi connectivity index (χ4v) is 4.48. The maximum Gasteiger partial charge on any atom is 0.260 e. The number of thiazole rings is 1. The fraction of sp³-hybridized carbons (Fsp3) is 0.136. The second kappa shape index (κ2) is 8.31. The third-order valence-electron chi connectivity index (χ3n) is 4.51. The molecule has 0 spiro atoms. The Morgan fingerprint density at radius 2 is 1.90 bits per heavy atom. The van der Waals surface area contributed by atoms with Crippen LogP contribution in [-0.4, -0.2) is 30.0 Å². The minimum atomic E-state index is -0.0859. The van der Waals surface area contributed by atoms with Crippen LogP contribution >= 0.6 is 27.3 Å². The first-order valence-corrected chi connectivity index (χ1v) is 10.7. The molecule has 2 heterocycles. The Hall–Kier alpha value is -2.77. The summed E-state index contributed by atoms with van der Waals surface area (Å²) >= 11 is 5.01. The van der Waals surface area contributed by atoms with Gasteiger partial charge < -0.3 is 4.90 Å². The molecule has 2 aromatic carbocycles. The van der Waals surface area contributed by atoms with Gasteiger partial charge >= 0.3 is 0 Å². The van der Waals surface area contributed by atoms with Crippen LogP contribution in [0.4, 0.5) is 10.8 Å². The highest BCUT2D eigenvalue weighted by Gasteiger charge is 2.22. The van der Waals surface area contributed by atoms with Crippen molar-refractivity contribution in [2.24, 2.45) is 0 Å². The molecule has 0 saturated heterocycles. The molecule has 4 aromatic rings. The Kier molecular flexibility index (Phi) is 5.60. The minimum Gasteiger partial charge on any atom is -0.378 e. The lowest BCUT2D eigenvalue weighted by Gasteiger charge is -2.20. The van der Waals surface area contributed by atoms with Crippen LogP contribution in [0.3, 0.4) is 0 Å². The fourth-order valence-electron chi connectivity index (χ4n) is 2.96. The van der Waals surface area contributed by atoms with Crippen molar-refractivity contribution in [2.45, 2.75) is 6.54 Å². The van der Waals surface area contributed by atoms with E-state index in [-0.39, 0.29) is 5.91 Å². The zero-order chi connectivity index (χ0) is 20.4. The number of halogens is 1. The standard InChI is InChI=1S/C22H19BrN4OS/c1-26(2)18-8-5-16(6-9-18)21(28)27(14-15-4-3-11-24-13-15)22-25-19-10-7-17(23)12-20(19)29-22/h3-13H,14H2,1-2H3. The quantitative estimate of drug-likeness (QED) is 0.396. The van der Waals surface area contributed by atoms with Gasteiger partial charge in [-0.25, -0.2) is 4.98 Å². The molecule has 2 aromatic heterocycles. The molecule has 146 valence electrons. The largest absolute Gasteiger partial charge is 0.378 e. The van der Waals surface area contributed by atoms with Crippen molar-refractivity contribution in [2.75, 3.05) is 23.9 Å². The summed E-state index contributed by atoms with van der Waals surface area (Å²) < 4.78 is 2.02. The lowest BCUT2D eigenvalue weighted by molar-refractivity contribution is 0.0985. The molecule has 0 atom stereocenters. The van der Waals surface area contributed by atoms with Gasteiger partial charge in [-0.2, -0.15) is 0 Å². The van der Waals surface area contributed by atoms with Gasteiger partial charge in [-0.1, -0.05) is 33.3 Å². The topological polar surface area (TPSA) is 49.3 Å². The average molecular weight is 467 g/mol. The van der Waals surface area contributed by atoms with Crippen molar-refractivity contribution in [1.82, 2.24) is 9.97 Å². The van der Waals surface area contributed by atoms with Crippen molar-refractivity contribution in [3.63, 3.8) is 0 Å². The Morgan fingerprint density at radius 3 is 2.59 bits per heavy atom. The predicted octanol–water partition coefficient (Wildman–Crippen LogP) is 5.37. The summed E-state index contributed by atoms with van der Waals surface area (Å²) in [4.78, 5) is 26.1. The molecule has 0 aliphatic heterocycles.